The fourth-order valence-corrected chi connectivity index (χ4v) is 3.66. The fraction of sp³-hybridized carbons (Fsp3) is 0.0800. The van der Waals surface area contributed by atoms with E-state index in [-0.39, 0.29) is 0 Å². The Labute approximate surface area is 185 Å². The third kappa shape index (κ3) is 3.60. The molecule has 0 bridgehead atoms. The molecule has 0 unspecified atom stereocenters. The van der Waals surface area contributed by atoms with Crippen LogP contribution in [0.15, 0.2) is 85.2 Å². The molecule has 158 valence electrons. The first-order chi connectivity index (χ1) is 15.8. The summed E-state index contributed by atoms with van der Waals surface area (Å²) in [5, 5.41) is 7.82. The average molecular weight is 423 g/mol. The average Bonchev–Trinajstić information content (AvgIpc) is 3.27. The summed E-state index contributed by atoms with van der Waals surface area (Å²) >= 11 is 0. The maximum atomic E-state index is 5.38. The van der Waals surface area contributed by atoms with Crippen LogP contribution in [0.1, 0.15) is 0 Å². The second-order valence-corrected chi connectivity index (χ2v) is 7.09. The minimum absolute atomic E-state index is 0.462. The summed E-state index contributed by atoms with van der Waals surface area (Å²) in [6, 6.07) is 24.0. The Bertz CT molecular complexity index is 1380. The van der Waals surface area contributed by atoms with E-state index in [1.807, 2.05) is 48.5 Å². The SMILES string of the molecule is COc1ccc(Nc2nc3c(-c4ccccc4-c4ccccc4)nccn3n2)cc1OC. The van der Waals surface area contributed by atoms with Crippen molar-refractivity contribution in [2.45, 2.75) is 0 Å². The molecule has 7 heteroatoms. The van der Waals surface area contributed by atoms with Gasteiger partial charge in [-0.2, -0.15) is 4.98 Å². The third-order valence-corrected chi connectivity index (χ3v) is 5.16. The molecule has 3 aromatic carbocycles. The van der Waals surface area contributed by atoms with Crippen LogP contribution in [0.25, 0.3) is 28.0 Å². The molecule has 0 saturated carbocycles. The van der Waals surface area contributed by atoms with Crippen LogP contribution in [0.4, 0.5) is 11.6 Å². The van der Waals surface area contributed by atoms with E-state index in [0.29, 0.717) is 23.1 Å². The molecule has 0 amide bonds. The molecule has 0 aliphatic heterocycles. The highest BCUT2D eigenvalue weighted by molar-refractivity contribution is 5.87. The van der Waals surface area contributed by atoms with Crippen LogP contribution in [0, 0.1) is 0 Å². The molecule has 0 spiro atoms. The van der Waals surface area contributed by atoms with Crippen LogP contribution in [-0.2, 0) is 0 Å². The van der Waals surface area contributed by atoms with Crippen molar-refractivity contribution >= 4 is 17.3 Å². The van der Waals surface area contributed by atoms with E-state index in [9.17, 15) is 0 Å². The highest BCUT2D eigenvalue weighted by Crippen LogP contribution is 2.33. The molecule has 5 aromatic rings. The highest BCUT2D eigenvalue weighted by atomic mass is 16.5. The Morgan fingerprint density at radius 3 is 2.34 bits per heavy atom. The standard InChI is InChI=1S/C25H21N5O2/c1-31-21-13-12-18(16-22(21)32-2)27-25-28-24-23(26-14-15-30(24)29-25)20-11-7-6-10-19(20)17-8-4-3-5-9-17/h3-16H,1-2H3,(H,27,29). The van der Waals surface area contributed by atoms with Crippen LogP contribution < -0.4 is 14.8 Å². The van der Waals surface area contributed by atoms with E-state index < -0.39 is 0 Å². The zero-order valence-corrected chi connectivity index (χ0v) is 17.7. The quantitative estimate of drug-likeness (QED) is 0.404. The third-order valence-electron chi connectivity index (χ3n) is 5.16. The molecular formula is C25H21N5O2. The first-order valence-electron chi connectivity index (χ1n) is 10.1. The second kappa shape index (κ2) is 8.39. The zero-order chi connectivity index (χ0) is 21.9. The number of rotatable bonds is 6. The number of aromatic nitrogens is 4. The van der Waals surface area contributed by atoms with Crippen molar-refractivity contribution in [1.29, 1.82) is 0 Å². The van der Waals surface area contributed by atoms with Gasteiger partial charge in [-0.15, -0.1) is 5.10 Å². The maximum absolute atomic E-state index is 5.38. The van der Waals surface area contributed by atoms with E-state index in [1.165, 1.54) is 0 Å². The first-order valence-corrected chi connectivity index (χ1v) is 10.1. The van der Waals surface area contributed by atoms with Gasteiger partial charge in [0, 0.05) is 29.7 Å². The normalized spacial score (nSPS) is 10.8. The topological polar surface area (TPSA) is 73.6 Å². The van der Waals surface area contributed by atoms with Crippen molar-refractivity contribution in [3.8, 4) is 33.9 Å². The van der Waals surface area contributed by atoms with Gasteiger partial charge in [0.1, 0.15) is 5.69 Å². The van der Waals surface area contributed by atoms with Gasteiger partial charge in [-0.1, -0.05) is 54.6 Å². The van der Waals surface area contributed by atoms with Crippen molar-refractivity contribution < 1.29 is 9.47 Å². The lowest BCUT2D eigenvalue weighted by atomic mass is 9.98. The smallest absolute Gasteiger partial charge is 0.247 e. The Hall–Kier alpha value is -4.39. The Kier molecular flexibility index (Phi) is 5.13. The maximum Gasteiger partial charge on any atom is 0.247 e. The summed E-state index contributed by atoms with van der Waals surface area (Å²) in [6.45, 7) is 0. The molecule has 0 saturated heterocycles. The molecule has 0 aliphatic carbocycles. The zero-order valence-electron chi connectivity index (χ0n) is 17.7. The van der Waals surface area contributed by atoms with Crippen molar-refractivity contribution in [3.63, 3.8) is 0 Å². The summed E-state index contributed by atoms with van der Waals surface area (Å²) in [5.41, 5.74) is 5.42. The van der Waals surface area contributed by atoms with Crippen molar-refractivity contribution in [1.82, 2.24) is 19.6 Å². The summed E-state index contributed by atoms with van der Waals surface area (Å²) < 4.78 is 12.4. The van der Waals surface area contributed by atoms with Crippen LogP contribution in [0.5, 0.6) is 11.5 Å². The van der Waals surface area contributed by atoms with Gasteiger partial charge in [-0.25, -0.2) is 4.52 Å². The molecule has 2 heterocycles. The molecule has 32 heavy (non-hydrogen) atoms. The highest BCUT2D eigenvalue weighted by Gasteiger charge is 2.15. The monoisotopic (exact) mass is 423 g/mol. The van der Waals surface area contributed by atoms with Crippen LogP contribution in [0.2, 0.25) is 0 Å². The van der Waals surface area contributed by atoms with Crippen LogP contribution in [0.3, 0.4) is 0 Å². The van der Waals surface area contributed by atoms with Gasteiger partial charge in [-0.3, -0.25) is 4.98 Å². The molecular weight excluding hydrogens is 402 g/mol. The van der Waals surface area contributed by atoms with Gasteiger partial charge in [0.15, 0.2) is 17.1 Å². The summed E-state index contributed by atoms with van der Waals surface area (Å²) in [4.78, 5) is 9.37. The minimum atomic E-state index is 0.462. The summed E-state index contributed by atoms with van der Waals surface area (Å²) in [7, 11) is 3.21. The van der Waals surface area contributed by atoms with Gasteiger partial charge in [-0.05, 0) is 23.3 Å². The summed E-state index contributed by atoms with van der Waals surface area (Å²) in [5.74, 6) is 1.74. The van der Waals surface area contributed by atoms with Gasteiger partial charge in [0.05, 0.1) is 14.2 Å². The second-order valence-electron chi connectivity index (χ2n) is 7.09. The van der Waals surface area contributed by atoms with E-state index in [1.54, 1.807) is 31.1 Å². The van der Waals surface area contributed by atoms with Crippen molar-refractivity contribution in [2.75, 3.05) is 19.5 Å². The molecule has 0 atom stereocenters. The van der Waals surface area contributed by atoms with E-state index in [2.05, 4.69) is 39.7 Å². The lowest BCUT2D eigenvalue weighted by Crippen LogP contribution is -1.96. The van der Waals surface area contributed by atoms with E-state index >= 15 is 0 Å². The minimum Gasteiger partial charge on any atom is -0.493 e. The summed E-state index contributed by atoms with van der Waals surface area (Å²) in [6.07, 6.45) is 3.52. The number of hydrogen-bond donors (Lipinski definition) is 1. The lowest BCUT2D eigenvalue weighted by molar-refractivity contribution is 0.355. The molecule has 2 aromatic heterocycles. The number of nitrogens with zero attached hydrogens (tertiary/aromatic N) is 4. The Morgan fingerprint density at radius 1 is 0.812 bits per heavy atom. The predicted molar refractivity (Wildman–Crippen MR) is 124 cm³/mol. The van der Waals surface area contributed by atoms with Gasteiger partial charge in [0.25, 0.3) is 0 Å². The van der Waals surface area contributed by atoms with Gasteiger partial charge < -0.3 is 14.8 Å². The van der Waals surface area contributed by atoms with Gasteiger partial charge >= 0.3 is 0 Å². The molecule has 1 N–H and O–H groups in total. The van der Waals surface area contributed by atoms with Crippen LogP contribution >= 0.6 is 0 Å². The number of fused-ring (bicyclic) bond motifs is 1. The van der Waals surface area contributed by atoms with Crippen LogP contribution in [-0.4, -0.2) is 33.8 Å². The molecule has 5 rings (SSSR count). The molecule has 0 aliphatic rings. The number of nitrogens with one attached hydrogen (secondary N) is 1. The van der Waals surface area contributed by atoms with E-state index in [0.717, 1.165) is 28.1 Å². The fourth-order valence-electron chi connectivity index (χ4n) is 3.66. The molecule has 0 radical (unpaired) electrons. The molecule has 0 fully saturated rings. The first kappa shape index (κ1) is 19.6. The predicted octanol–water partition coefficient (Wildman–Crippen LogP) is 5.22. The van der Waals surface area contributed by atoms with Gasteiger partial charge in [0.2, 0.25) is 5.95 Å². The van der Waals surface area contributed by atoms with Crippen molar-refractivity contribution in [3.05, 3.63) is 85.2 Å². The molecule has 7 nitrogen and oxygen atoms in total. The Morgan fingerprint density at radius 2 is 1.56 bits per heavy atom. The number of hydrogen-bond acceptors (Lipinski definition) is 6. The van der Waals surface area contributed by atoms with E-state index in [4.69, 9.17) is 14.5 Å². The van der Waals surface area contributed by atoms with Crippen molar-refractivity contribution in [2.24, 2.45) is 0 Å². The number of benzene rings is 3. The lowest BCUT2D eigenvalue weighted by Gasteiger charge is -2.09. The Balaban J connectivity index is 1.56. The number of ether oxygens (including phenoxy) is 2. The largest absolute Gasteiger partial charge is 0.493 e. The number of methoxy groups -OCH3 is 2. The number of anilines is 2.